The molecule has 0 saturated heterocycles. The van der Waals surface area contributed by atoms with Crippen LogP contribution in [0.1, 0.15) is 18.5 Å². The second-order valence-corrected chi connectivity index (χ2v) is 4.28. The molecule has 0 heterocycles. The maximum Gasteiger partial charge on any atom is 0.0705 e. The van der Waals surface area contributed by atoms with E-state index in [1.165, 1.54) is 6.07 Å². The Labute approximate surface area is 110 Å². The fourth-order valence-corrected chi connectivity index (χ4v) is 1.82. The number of halogens is 4. The molecule has 6 heteroatoms. The zero-order chi connectivity index (χ0) is 10.9. The molecule has 86 valence electrons. The lowest BCUT2D eigenvalue weighted by Crippen LogP contribution is -2.23. The van der Waals surface area contributed by atoms with E-state index >= 15 is 0 Å². The van der Waals surface area contributed by atoms with Gasteiger partial charge in [0, 0.05) is 5.02 Å². The Bertz CT molecular complexity index is 343. The molecule has 0 aromatic heterocycles. The molecule has 1 rings (SSSR count). The number of hydrogen-bond acceptors (Lipinski definition) is 2. The van der Waals surface area contributed by atoms with Crippen molar-refractivity contribution >= 4 is 47.2 Å². The first-order valence-corrected chi connectivity index (χ1v) is 5.15. The lowest BCUT2D eigenvalue weighted by atomic mass is 10.0. The SMILES string of the molecule is C[C@H](O)[C@H](N)c1cc(Cl)cc(Cl)c1Cl.Cl. The van der Waals surface area contributed by atoms with Gasteiger partial charge < -0.3 is 10.8 Å². The van der Waals surface area contributed by atoms with Gasteiger partial charge in [-0.3, -0.25) is 0 Å². The van der Waals surface area contributed by atoms with Gasteiger partial charge in [-0.25, -0.2) is 0 Å². The Balaban J connectivity index is 0.00000196. The molecule has 0 spiro atoms. The van der Waals surface area contributed by atoms with Crippen LogP contribution in [0.5, 0.6) is 0 Å². The number of nitrogens with two attached hydrogens (primary N) is 1. The fourth-order valence-electron chi connectivity index (χ4n) is 1.08. The molecule has 1 aromatic rings. The summed E-state index contributed by atoms with van der Waals surface area (Å²) in [6.07, 6.45) is -0.706. The van der Waals surface area contributed by atoms with Gasteiger partial charge in [0.25, 0.3) is 0 Å². The second kappa shape index (κ2) is 6.14. The highest BCUT2D eigenvalue weighted by atomic mass is 35.5. The zero-order valence-electron chi connectivity index (χ0n) is 7.88. The number of benzene rings is 1. The predicted octanol–water partition coefficient (Wildman–Crippen LogP) is 3.45. The molecule has 2 nitrogen and oxygen atoms in total. The standard InChI is InChI=1S/C9H10Cl3NO.ClH/c1-4(14)9(13)6-2-5(10)3-7(11)8(6)12;/h2-4,9,14H,13H2,1H3;1H/t4-,9-;/m0./s1. The predicted molar refractivity (Wildman–Crippen MR) is 67.3 cm³/mol. The maximum atomic E-state index is 9.31. The Hall–Kier alpha value is 0.300. The maximum absolute atomic E-state index is 9.31. The van der Waals surface area contributed by atoms with Crippen molar-refractivity contribution in [2.75, 3.05) is 0 Å². The molecule has 0 saturated carbocycles. The summed E-state index contributed by atoms with van der Waals surface area (Å²) in [4.78, 5) is 0. The van der Waals surface area contributed by atoms with Crippen molar-refractivity contribution in [3.63, 3.8) is 0 Å². The summed E-state index contributed by atoms with van der Waals surface area (Å²) >= 11 is 17.5. The zero-order valence-corrected chi connectivity index (χ0v) is 11.0. The quantitative estimate of drug-likeness (QED) is 0.820. The van der Waals surface area contributed by atoms with Crippen LogP contribution < -0.4 is 5.73 Å². The van der Waals surface area contributed by atoms with Crippen molar-refractivity contribution in [2.45, 2.75) is 19.1 Å². The van der Waals surface area contributed by atoms with E-state index in [1.54, 1.807) is 13.0 Å². The molecule has 0 amide bonds. The summed E-state index contributed by atoms with van der Waals surface area (Å²) in [5, 5.41) is 10.4. The van der Waals surface area contributed by atoms with Crippen molar-refractivity contribution < 1.29 is 5.11 Å². The number of aliphatic hydroxyl groups is 1. The first kappa shape index (κ1) is 15.3. The van der Waals surface area contributed by atoms with E-state index in [-0.39, 0.29) is 12.4 Å². The molecular weight excluding hydrogens is 280 g/mol. The van der Waals surface area contributed by atoms with Crippen LogP contribution in [0.2, 0.25) is 15.1 Å². The van der Waals surface area contributed by atoms with Crippen LogP contribution in [0.4, 0.5) is 0 Å². The van der Waals surface area contributed by atoms with Gasteiger partial charge in [-0.1, -0.05) is 34.8 Å². The monoisotopic (exact) mass is 289 g/mol. The Kier molecular flexibility index (Phi) is 6.26. The minimum absolute atomic E-state index is 0. The van der Waals surface area contributed by atoms with Crippen molar-refractivity contribution in [1.82, 2.24) is 0 Å². The third-order valence-electron chi connectivity index (χ3n) is 1.90. The van der Waals surface area contributed by atoms with Gasteiger partial charge in [0.2, 0.25) is 0 Å². The normalized spacial score (nSPS) is 14.3. The summed E-state index contributed by atoms with van der Waals surface area (Å²) in [6.45, 7) is 1.58. The third-order valence-corrected chi connectivity index (χ3v) is 2.93. The van der Waals surface area contributed by atoms with E-state index < -0.39 is 12.1 Å². The molecule has 0 unspecified atom stereocenters. The topological polar surface area (TPSA) is 46.2 Å². The summed E-state index contributed by atoms with van der Waals surface area (Å²) in [5.41, 5.74) is 6.28. The number of aliphatic hydroxyl groups excluding tert-OH is 1. The van der Waals surface area contributed by atoms with Gasteiger partial charge in [0.1, 0.15) is 0 Å². The highest BCUT2D eigenvalue weighted by Crippen LogP contribution is 2.33. The molecule has 15 heavy (non-hydrogen) atoms. The summed E-state index contributed by atoms with van der Waals surface area (Å²) in [7, 11) is 0. The average Bonchev–Trinajstić information content (AvgIpc) is 2.09. The molecule has 2 atom stereocenters. The largest absolute Gasteiger partial charge is 0.391 e. The third kappa shape index (κ3) is 3.66. The van der Waals surface area contributed by atoms with Crippen LogP contribution in [0, 0.1) is 0 Å². The van der Waals surface area contributed by atoms with E-state index in [4.69, 9.17) is 40.5 Å². The summed E-state index contributed by atoms with van der Waals surface area (Å²) in [5.74, 6) is 0. The van der Waals surface area contributed by atoms with Crippen LogP contribution in [-0.2, 0) is 0 Å². The Morgan fingerprint density at radius 3 is 2.27 bits per heavy atom. The van der Waals surface area contributed by atoms with Gasteiger partial charge >= 0.3 is 0 Å². The first-order valence-electron chi connectivity index (χ1n) is 4.01. The molecule has 0 bridgehead atoms. The average molecular weight is 291 g/mol. The van der Waals surface area contributed by atoms with Crippen LogP contribution in [-0.4, -0.2) is 11.2 Å². The van der Waals surface area contributed by atoms with Gasteiger partial charge in [-0.2, -0.15) is 0 Å². The molecule has 1 aromatic carbocycles. The summed E-state index contributed by atoms with van der Waals surface area (Å²) < 4.78 is 0. The van der Waals surface area contributed by atoms with Gasteiger partial charge in [-0.15, -0.1) is 12.4 Å². The van der Waals surface area contributed by atoms with Crippen molar-refractivity contribution in [2.24, 2.45) is 5.73 Å². The van der Waals surface area contributed by atoms with E-state index in [2.05, 4.69) is 0 Å². The fraction of sp³-hybridized carbons (Fsp3) is 0.333. The lowest BCUT2D eigenvalue weighted by molar-refractivity contribution is 0.164. The molecule has 0 fully saturated rings. The van der Waals surface area contributed by atoms with Gasteiger partial charge in [0.15, 0.2) is 0 Å². The smallest absolute Gasteiger partial charge is 0.0705 e. The molecule has 0 radical (unpaired) electrons. The summed E-state index contributed by atoms with van der Waals surface area (Å²) in [6, 6.07) is 2.55. The second-order valence-electron chi connectivity index (χ2n) is 3.06. The minimum Gasteiger partial charge on any atom is -0.391 e. The van der Waals surface area contributed by atoms with Gasteiger partial charge in [0.05, 0.1) is 22.2 Å². The van der Waals surface area contributed by atoms with E-state index in [0.29, 0.717) is 20.6 Å². The van der Waals surface area contributed by atoms with Gasteiger partial charge in [-0.05, 0) is 24.6 Å². The van der Waals surface area contributed by atoms with E-state index in [9.17, 15) is 5.11 Å². The van der Waals surface area contributed by atoms with E-state index in [1.807, 2.05) is 0 Å². The highest BCUT2D eigenvalue weighted by Gasteiger charge is 2.17. The molecule has 3 N–H and O–H groups in total. The first-order chi connectivity index (χ1) is 6.43. The van der Waals surface area contributed by atoms with Crippen LogP contribution in [0.15, 0.2) is 12.1 Å². The lowest BCUT2D eigenvalue weighted by Gasteiger charge is -2.17. The minimum atomic E-state index is -0.706. The molecule has 0 aliphatic heterocycles. The number of rotatable bonds is 2. The van der Waals surface area contributed by atoms with E-state index in [0.717, 1.165) is 0 Å². The molecule has 0 aliphatic rings. The van der Waals surface area contributed by atoms with Crippen molar-refractivity contribution in [1.29, 1.82) is 0 Å². The Morgan fingerprint density at radius 2 is 1.80 bits per heavy atom. The highest BCUT2D eigenvalue weighted by molar-refractivity contribution is 6.43. The Morgan fingerprint density at radius 1 is 1.27 bits per heavy atom. The van der Waals surface area contributed by atoms with Crippen LogP contribution in [0.25, 0.3) is 0 Å². The van der Waals surface area contributed by atoms with Crippen molar-refractivity contribution in [3.8, 4) is 0 Å². The number of hydrogen-bond donors (Lipinski definition) is 2. The molecular formula is C9H11Cl4NO. The van der Waals surface area contributed by atoms with Crippen LogP contribution >= 0.6 is 47.2 Å². The molecule has 0 aliphatic carbocycles. The van der Waals surface area contributed by atoms with Crippen LogP contribution in [0.3, 0.4) is 0 Å². The van der Waals surface area contributed by atoms with Crippen molar-refractivity contribution in [3.05, 3.63) is 32.8 Å².